The molecule has 1 aromatic rings. The zero-order valence-electron chi connectivity index (χ0n) is 14.2. The minimum atomic E-state index is -4.64. The second-order valence-corrected chi connectivity index (χ2v) is 6.25. The Labute approximate surface area is 148 Å². The molecule has 0 aromatic heterocycles. The normalized spacial score (nSPS) is 15.5. The highest BCUT2D eigenvalue weighted by Gasteiger charge is 2.33. The van der Waals surface area contributed by atoms with Crippen LogP contribution in [0.25, 0.3) is 0 Å². The number of likely N-dealkylation sites (tertiary alicyclic amines) is 1. The van der Waals surface area contributed by atoms with Crippen LogP contribution in [0.5, 0.6) is 0 Å². The molecule has 7 nitrogen and oxygen atoms in total. The molecule has 26 heavy (non-hydrogen) atoms. The predicted molar refractivity (Wildman–Crippen MR) is 89.0 cm³/mol. The van der Waals surface area contributed by atoms with E-state index >= 15 is 0 Å². The molecule has 1 aliphatic heterocycles. The topological polar surface area (TPSA) is 88.7 Å². The third-order valence-electron chi connectivity index (χ3n) is 4.26. The quantitative estimate of drug-likeness (QED) is 0.380. The van der Waals surface area contributed by atoms with Crippen LogP contribution < -0.4 is 15.5 Å². The van der Waals surface area contributed by atoms with Crippen LogP contribution in [0.1, 0.15) is 24.8 Å². The monoisotopic (exact) mass is 375 g/mol. The van der Waals surface area contributed by atoms with Crippen molar-refractivity contribution < 1.29 is 27.8 Å². The van der Waals surface area contributed by atoms with E-state index in [1.54, 1.807) is 0 Å². The Morgan fingerprint density at radius 1 is 1.19 bits per heavy atom. The number of nitro groups is 1. The summed E-state index contributed by atoms with van der Waals surface area (Å²) < 4.78 is 38.0. The maximum Gasteiger partial charge on any atom is 0.416 e. The Balaban J connectivity index is 1.83. The fourth-order valence-electron chi connectivity index (χ4n) is 2.93. The van der Waals surface area contributed by atoms with Crippen molar-refractivity contribution in [2.75, 3.05) is 38.0 Å². The molecule has 1 aliphatic rings. The van der Waals surface area contributed by atoms with Crippen molar-refractivity contribution in [1.29, 1.82) is 0 Å². The van der Waals surface area contributed by atoms with Crippen LogP contribution in [0.2, 0.25) is 0 Å². The molecule has 144 valence electrons. The highest BCUT2D eigenvalue weighted by atomic mass is 19.4. The molecule has 0 saturated carbocycles. The van der Waals surface area contributed by atoms with Crippen molar-refractivity contribution in [1.82, 2.24) is 5.32 Å². The van der Waals surface area contributed by atoms with Crippen LogP contribution in [-0.4, -0.2) is 43.6 Å². The van der Waals surface area contributed by atoms with E-state index in [0.717, 1.165) is 38.1 Å². The number of piperidine rings is 1. The second-order valence-electron chi connectivity index (χ2n) is 6.25. The van der Waals surface area contributed by atoms with Crippen LogP contribution >= 0.6 is 0 Å². The van der Waals surface area contributed by atoms with Gasteiger partial charge in [-0.3, -0.25) is 14.9 Å². The SMILES string of the molecule is O=C(C[NH+]1CCCCC1)NCCNc1ccc(C(F)(F)F)cc1[N+](=O)[O-]. The number of carbonyl (C=O) groups is 1. The largest absolute Gasteiger partial charge is 0.416 e. The molecule has 1 fully saturated rings. The van der Waals surface area contributed by atoms with Gasteiger partial charge in [-0.25, -0.2) is 0 Å². The Morgan fingerprint density at radius 2 is 1.88 bits per heavy atom. The zero-order valence-corrected chi connectivity index (χ0v) is 14.2. The molecule has 1 amide bonds. The minimum absolute atomic E-state index is 0.0149. The summed E-state index contributed by atoms with van der Waals surface area (Å²) in [4.78, 5) is 23.2. The molecule has 0 unspecified atom stereocenters. The molecular weight excluding hydrogens is 353 g/mol. The first kappa shape index (κ1) is 20.0. The number of nitrogens with zero attached hydrogens (tertiary/aromatic N) is 1. The maximum absolute atomic E-state index is 12.7. The average molecular weight is 375 g/mol. The first-order valence-electron chi connectivity index (χ1n) is 8.47. The fourth-order valence-corrected chi connectivity index (χ4v) is 2.93. The van der Waals surface area contributed by atoms with E-state index < -0.39 is 22.4 Å². The van der Waals surface area contributed by atoms with Gasteiger partial charge in [-0.2, -0.15) is 13.2 Å². The van der Waals surface area contributed by atoms with Crippen molar-refractivity contribution in [2.24, 2.45) is 0 Å². The highest BCUT2D eigenvalue weighted by molar-refractivity contribution is 5.76. The van der Waals surface area contributed by atoms with E-state index in [9.17, 15) is 28.1 Å². The molecule has 0 aliphatic carbocycles. The highest BCUT2D eigenvalue weighted by Crippen LogP contribution is 2.34. The lowest BCUT2D eigenvalue weighted by Crippen LogP contribution is -3.13. The van der Waals surface area contributed by atoms with E-state index in [-0.39, 0.29) is 24.7 Å². The van der Waals surface area contributed by atoms with E-state index in [1.807, 2.05) is 0 Å². The first-order chi connectivity index (χ1) is 12.3. The Kier molecular flexibility index (Phi) is 6.78. The Hall–Kier alpha value is -2.36. The third-order valence-corrected chi connectivity index (χ3v) is 4.26. The lowest BCUT2D eigenvalue weighted by Gasteiger charge is -2.22. The number of quaternary nitrogens is 1. The molecule has 1 saturated heterocycles. The van der Waals surface area contributed by atoms with E-state index in [4.69, 9.17) is 0 Å². The Bertz CT molecular complexity index is 646. The number of benzene rings is 1. The molecule has 10 heteroatoms. The van der Waals surface area contributed by atoms with Gasteiger partial charge in [0.25, 0.3) is 11.6 Å². The molecule has 1 aromatic carbocycles. The minimum Gasteiger partial charge on any atom is -0.378 e. The van der Waals surface area contributed by atoms with Crippen LogP contribution in [0, 0.1) is 10.1 Å². The van der Waals surface area contributed by atoms with Gasteiger partial charge < -0.3 is 15.5 Å². The van der Waals surface area contributed by atoms with Crippen molar-refractivity contribution >= 4 is 17.3 Å². The second kappa shape index (κ2) is 8.84. The molecule has 0 bridgehead atoms. The maximum atomic E-state index is 12.7. The molecular formula is C16H22F3N4O3+. The first-order valence-corrected chi connectivity index (χ1v) is 8.47. The number of rotatable bonds is 7. The van der Waals surface area contributed by atoms with Gasteiger partial charge in [0, 0.05) is 19.2 Å². The number of hydrogen-bond donors (Lipinski definition) is 3. The van der Waals surface area contributed by atoms with Gasteiger partial charge >= 0.3 is 6.18 Å². The van der Waals surface area contributed by atoms with Crippen LogP contribution in [0.15, 0.2) is 18.2 Å². The Morgan fingerprint density at radius 3 is 2.50 bits per heavy atom. The summed E-state index contributed by atoms with van der Waals surface area (Å²) in [5.74, 6) is -0.106. The van der Waals surface area contributed by atoms with Crippen molar-refractivity contribution in [3.05, 3.63) is 33.9 Å². The summed E-state index contributed by atoms with van der Waals surface area (Å²) in [5, 5.41) is 16.4. The zero-order chi connectivity index (χ0) is 19.2. The summed E-state index contributed by atoms with van der Waals surface area (Å²) in [6.07, 6.45) is -1.22. The van der Waals surface area contributed by atoms with Gasteiger partial charge in [0.1, 0.15) is 5.69 Å². The summed E-state index contributed by atoms with van der Waals surface area (Å²) in [6.45, 7) is 2.74. The summed E-state index contributed by atoms with van der Waals surface area (Å²) in [5.41, 5.74) is -1.74. The lowest BCUT2D eigenvalue weighted by atomic mass is 10.1. The molecule has 2 rings (SSSR count). The smallest absolute Gasteiger partial charge is 0.378 e. The lowest BCUT2D eigenvalue weighted by molar-refractivity contribution is -0.896. The number of halogens is 3. The predicted octanol–water partition coefficient (Wildman–Crippen LogP) is 1.21. The van der Waals surface area contributed by atoms with Gasteiger partial charge in [-0.1, -0.05) is 0 Å². The summed E-state index contributed by atoms with van der Waals surface area (Å²) in [6, 6.07) is 2.31. The summed E-state index contributed by atoms with van der Waals surface area (Å²) in [7, 11) is 0. The van der Waals surface area contributed by atoms with Gasteiger partial charge in [-0.05, 0) is 31.4 Å². The number of carbonyl (C=O) groups excluding carboxylic acids is 1. The number of hydrogen-bond acceptors (Lipinski definition) is 4. The van der Waals surface area contributed by atoms with E-state index in [0.29, 0.717) is 12.6 Å². The molecule has 0 atom stereocenters. The molecule has 0 radical (unpaired) electrons. The van der Waals surface area contributed by atoms with Crippen molar-refractivity contribution in [2.45, 2.75) is 25.4 Å². The van der Waals surface area contributed by atoms with Crippen LogP contribution in [-0.2, 0) is 11.0 Å². The van der Waals surface area contributed by atoms with E-state index in [1.165, 1.54) is 11.3 Å². The molecule has 0 spiro atoms. The fraction of sp³-hybridized carbons (Fsp3) is 0.562. The average Bonchev–Trinajstić information content (AvgIpc) is 2.58. The standard InChI is InChI=1S/C16H21F3N4O3/c17-16(18,19)12-4-5-13(14(10-12)23(25)26)20-6-7-21-15(24)11-22-8-2-1-3-9-22/h4-5,10,20H,1-3,6-9,11H2,(H,21,24)/p+1. The molecule has 1 heterocycles. The van der Waals surface area contributed by atoms with Gasteiger partial charge in [0.15, 0.2) is 6.54 Å². The number of alkyl halides is 3. The van der Waals surface area contributed by atoms with Gasteiger partial charge in [0.2, 0.25) is 0 Å². The van der Waals surface area contributed by atoms with Gasteiger partial charge in [-0.15, -0.1) is 0 Å². The van der Waals surface area contributed by atoms with Gasteiger partial charge in [0.05, 0.1) is 23.6 Å². The number of nitrogens with one attached hydrogen (secondary N) is 3. The van der Waals surface area contributed by atoms with Crippen molar-refractivity contribution in [3.8, 4) is 0 Å². The third kappa shape index (κ3) is 5.87. The van der Waals surface area contributed by atoms with E-state index in [2.05, 4.69) is 10.6 Å². The number of anilines is 1. The molecule has 3 N–H and O–H groups in total. The van der Waals surface area contributed by atoms with Crippen LogP contribution in [0.3, 0.4) is 0 Å². The number of nitro benzene ring substituents is 1. The van der Waals surface area contributed by atoms with Crippen LogP contribution in [0.4, 0.5) is 24.5 Å². The van der Waals surface area contributed by atoms with Crippen molar-refractivity contribution in [3.63, 3.8) is 0 Å². The number of amides is 1. The summed E-state index contributed by atoms with van der Waals surface area (Å²) >= 11 is 0.